The SMILES string of the molecule is N#CCn1ccc2c(CNC3CC3)cccc21. The summed E-state index contributed by atoms with van der Waals surface area (Å²) in [4.78, 5) is 0. The maximum absolute atomic E-state index is 8.77. The van der Waals surface area contributed by atoms with Crippen molar-refractivity contribution in [3.63, 3.8) is 0 Å². The van der Waals surface area contributed by atoms with E-state index >= 15 is 0 Å². The van der Waals surface area contributed by atoms with Gasteiger partial charge in [0.2, 0.25) is 0 Å². The second-order valence-electron chi connectivity index (χ2n) is 4.61. The van der Waals surface area contributed by atoms with Crippen molar-refractivity contribution >= 4 is 10.9 Å². The van der Waals surface area contributed by atoms with Crippen LogP contribution < -0.4 is 5.32 Å². The van der Waals surface area contributed by atoms with Gasteiger partial charge in [0.05, 0.1) is 6.07 Å². The molecule has 17 heavy (non-hydrogen) atoms. The van der Waals surface area contributed by atoms with Gasteiger partial charge in [-0.2, -0.15) is 5.26 Å². The van der Waals surface area contributed by atoms with Gasteiger partial charge in [-0.25, -0.2) is 0 Å². The van der Waals surface area contributed by atoms with Crippen molar-refractivity contribution in [2.24, 2.45) is 0 Å². The van der Waals surface area contributed by atoms with E-state index in [1.54, 1.807) is 0 Å². The first kappa shape index (κ1) is 10.4. The molecule has 3 nitrogen and oxygen atoms in total. The number of nitrogens with zero attached hydrogens (tertiary/aromatic N) is 2. The Labute approximate surface area is 101 Å². The van der Waals surface area contributed by atoms with E-state index < -0.39 is 0 Å². The summed E-state index contributed by atoms with van der Waals surface area (Å²) in [5.41, 5.74) is 2.48. The van der Waals surface area contributed by atoms with Crippen molar-refractivity contribution in [1.82, 2.24) is 9.88 Å². The molecule has 2 aromatic rings. The monoisotopic (exact) mass is 225 g/mol. The lowest BCUT2D eigenvalue weighted by Crippen LogP contribution is -2.15. The largest absolute Gasteiger partial charge is 0.334 e. The predicted octanol–water partition coefficient (Wildman–Crippen LogP) is 2.42. The Bertz CT molecular complexity index is 573. The van der Waals surface area contributed by atoms with Crippen LogP contribution >= 0.6 is 0 Å². The number of hydrogen-bond donors (Lipinski definition) is 1. The molecule has 1 heterocycles. The second kappa shape index (κ2) is 4.23. The van der Waals surface area contributed by atoms with E-state index in [0.717, 1.165) is 18.1 Å². The van der Waals surface area contributed by atoms with Crippen LogP contribution in [0.4, 0.5) is 0 Å². The van der Waals surface area contributed by atoms with Crippen LogP contribution in [0, 0.1) is 11.3 Å². The van der Waals surface area contributed by atoms with Gasteiger partial charge in [-0.1, -0.05) is 12.1 Å². The molecule has 1 saturated carbocycles. The van der Waals surface area contributed by atoms with Crippen LogP contribution in [-0.2, 0) is 13.1 Å². The summed E-state index contributed by atoms with van der Waals surface area (Å²) in [5, 5.41) is 13.6. The first-order valence-corrected chi connectivity index (χ1v) is 6.05. The Hall–Kier alpha value is -1.79. The van der Waals surface area contributed by atoms with Gasteiger partial charge in [0, 0.05) is 29.7 Å². The predicted molar refractivity (Wildman–Crippen MR) is 67.4 cm³/mol. The Morgan fingerprint density at radius 3 is 3.00 bits per heavy atom. The highest BCUT2D eigenvalue weighted by Crippen LogP contribution is 2.23. The van der Waals surface area contributed by atoms with E-state index in [4.69, 9.17) is 5.26 Å². The van der Waals surface area contributed by atoms with Crippen LogP contribution in [0.2, 0.25) is 0 Å². The van der Waals surface area contributed by atoms with E-state index in [0.29, 0.717) is 6.54 Å². The van der Waals surface area contributed by atoms with Gasteiger partial charge in [0.15, 0.2) is 0 Å². The maximum Gasteiger partial charge on any atom is 0.110 e. The van der Waals surface area contributed by atoms with Crippen LogP contribution in [-0.4, -0.2) is 10.6 Å². The van der Waals surface area contributed by atoms with Crippen LogP contribution in [0.1, 0.15) is 18.4 Å². The third kappa shape index (κ3) is 2.04. The second-order valence-corrected chi connectivity index (χ2v) is 4.61. The molecule has 1 aliphatic rings. The standard InChI is InChI=1S/C14H15N3/c15-7-9-17-8-6-13-11(2-1-3-14(13)17)10-16-12-4-5-12/h1-3,6,8,12,16H,4-5,9-10H2. The molecular weight excluding hydrogens is 210 g/mol. The number of benzene rings is 1. The van der Waals surface area contributed by atoms with Gasteiger partial charge in [-0.15, -0.1) is 0 Å². The summed E-state index contributed by atoms with van der Waals surface area (Å²) in [6.45, 7) is 1.35. The summed E-state index contributed by atoms with van der Waals surface area (Å²) in [6.07, 6.45) is 4.62. The fourth-order valence-corrected chi connectivity index (χ4v) is 2.20. The molecule has 3 heteroatoms. The van der Waals surface area contributed by atoms with Crippen molar-refractivity contribution in [3.8, 4) is 6.07 Å². The Morgan fingerprint density at radius 1 is 1.35 bits per heavy atom. The molecule has 1 N–H and O–H groups in total. The number of nitriles is 1. The van der Waals surface area contributed by atoms with E-state index in [9.17, 15) is 0 Å². The van der Waals surface area contributed by atoms with Crippen molar-refractivity contribution in [3.05, 3.63) is 36.0 Å². The quantitative estimate of drug-likeness (QED) is 0.868. The molecule has 3 rings (SSSR count). The molecule has 1 aromatic carbocycles. The molecule has 0 aliphatic heterocycles. The molecular formula is C14H15N3. The molecule has 1 aromatic heterocycles. The molecule has 86 valence electrons. The number of rotatable bonds is 4. The summed E-state index contributed by atoms with van der Waals surface area (Å²) in [6, 6.07) is 11.3. The smallest absolute Gasteiger partial charge is 0.110 e. The molecule has 0 unspecified atom stereocenters. The third-order valence-corrected chi connectivity index (χ3v) is 3.30. The minimum atomic E-state index is 0.420. The Balaban J connectivity index is 1.92. The minimum absolute atomic E-state index is 0.420. The third-order valence-electron chi connectivity index (χ3n) is 3.30. The zero-order valence-electron chi connectivity index (χ0n) is 9.69. The Morgan fingerprint density at radius 2 is 2.24 bits per heavy atom. The van der Waals surface area contributed by atoms with Crippen molar-refractivity contribution < 1.29 is 0 Å². The fraction of sp³-hybridized carbons (Fsp3) is 0.357. The zero-order chi connectivity index (χ0) is 11.7. The van der Waals surface area contributed by atoms with Gasteiger partial charge >= 0.3 is 0 Å². The van der Waals surface area contributed by atoms with Crippen LogP contribution in [0.15, 0.2) is 30.5 Å². The lowest BCUT2D eigenvalue weighted by atomic mass is 10.1. The zero-order valence-corrected chi connectivity index (χ0v) is 9.69. The van der Waals surface area contributed by atoms with Gasteiger partial charge in [-0.3, -0.25) is 0 Å². The summed E-state index contributed by atoms with van der Waals surface area (Å²) in [5.74, 6) is 0. The van der Waals surface area contributed by atoms with Crippen molar-refractivity contribution in [2.45, 2.75) is 32.0 Å². The minimum Gasteiger partial charge on any atom is -0.334 e. The van der Waals surface area contributed by atoms with Crippen molar-refractivity contribution in [1.29, 1.82) is 5.26 Å². The van der Waals surface area contributed by atoms with E-state index in [2.05, 4.69) is 35.7 Å². The molecule has 0 atom stereocenters. The highest BCUT2D eigenvalue weighted by atomic mass is 15.0. The number of hydrogen-bond acceptors (Lipinski definition) is 2. The van der Waals surface area contributed by atoms with Crippen LogP contribution in [0.5, 0.6) is 0 Å². The lowest BCUT2D eigenvalue weighted by molar-refractivity contribution is 0.691. The molecule has 0 bridgehead atoms. The summed E-state index contributed by atoms with van der Waals surface area (Å²) >= 11 is 0. The number of fused-ring (bicyclic) bond motifs is 1. The molecule has 0 spiro atoms. The lowest BCUT2D eigenvalue weighted by Gasteiger charge is -2.06. The molecule has 1 fully saturated rings. The van der Waals surface area contributed by atoms with Crippen LogP contribution in [0.3, 0.4) is 0 Å². The number of aromatic nitrogens is 1. The number of nitrogens with one attached hydrogen (secondary N) is 1. The Kier molecular flexibility index (Phi) is 2.58. The molecule has 1 aliphatic carbocycles. The van der Waals surface area contributed by atoms with E-state index in [-0.39, 0.29) is 0 Å². The summed E-state index contributed by atoms with van der Waals surface area (Å²) < 4.78 is 2.00. The van der Waals surface area contributed by atoms with Crippen LogP contribution in [0.25, 0.3) is 10.9 Å². The molecule has 0 radical (unpaired) electrons. The average Bonchev–Trinajstić information content (AvgIpc) is 3.09. The summed E-state index contributed by atoms with van der Waals surface area (Å²) in [7, 11) is 0. The first-order valence-electron chi connectivity index (χ1n) is 6.05. The topological polar surface area (TPSA) is 40.8 Å². The van der Waals surface area contributed by atoms with Gasteiger partial charge in [-0.05, 0) is 30.5 Å². The first-order chi connectivity index (χ1) is 8.38. The molecule has 0 amide bonds. The maximum atomic E-state index is 8.77. The highest BCUT2D eigenvalue weighted by molar-refractivity contribution is 5.83. The van der Waals surface area contributed by atoms with Crippen molar-refractivity contribution in [2.75, 3.05) is 0 Å². The van der Waals surface area contributed by atoms with Gasteiger partial charge in [0.1, 0.15) is 6.54 Å². The van der Waals surface area contributed by atoms with E-state index in [1.165, 1.54) is 23.8 Å². The normalized spacial score (nSPS) is 15.0. The average molecular weight is 225 g/mol. The highest BCUT2D eigenvalue weighted by Gasteiger charge is 2.20. The van der Waals surface area contributed by atoms with Gasteiger partial charge in [0.25, 0.3) is 0 Å². The fourth-order valence-electron chi connectivity index (χ4n) is 2.20. The van der Waals surface area contributed by atoms with E-state index in [1.807, 2.05) is 10.8 Å². The van der Waals surface area contributed by atoms with Gasteiger partial charge < -0.3 is 9.88 Å². The molecule has 0 saturated heterocycles.